The van der Waals surface area contributed by atoms with Gasteiger partial charge in [-0.3, -0.25) is 9.69 Å². The Hall–Kier alpha value is -1.55. The SMILES string of the molecule is C=CN(C(=O)C(C)C)c1c(N)ccnc1Cl. The second-order valence-corrected chi connectivity index (χ2v) is 3.94. The minimum atomic E-state index is -0.173. The fraction of sp³-hybridized carbons (Fsp3) is 0.273. The summed E-state index contributed by atoms with van der Waals surface area (Å²) in [6.45, 7) is 7.17. The minimum absolute atomic E-state index is 0.128. The van der Waals surface area contributed by atoms with Crippen molar-refractivity contribution in [3.63, 3.8) is 0 Å². The molecule has 5 heteroatoms. The second kappa shape index (κ2) is 4.99. The van der Waals surface area contributed by atoms with Gasteiger partial charge in [-0.25, -0.2) is 4.98 Å². The predicted octanol–water partition coefficient (Wildman–Crippen LogP) is 2.45. The van der Waals surface area contributed by atoms with Crippen LogP contribution in [0.25, 0.3) is 0 Å². The monoisotopic (exact) mass is 239 g/mol. The van der Waals surface area contributed by atoms with E-state index in [1.807, 2.05) is 0 Å². The Labute approximate surface area is 99.7 Å². The standard InChI is InChI=1S/C11H14ClN3O/c1-4-15(11(16)7(2)3)9-8(13)5-6-14-10(9)12/h4-7H,1H2,2-3H3,(H2,13,14). The van der Waals surface area contributed by atoms with E-state index in [9.17, 15) is 4.79 Å². The first-order valence-electron chi connectivity index (χ1n) is 4.84. The van der Waals surface area contributed by atoms with E-state index in [0.717, 1.165) is 0 Å². The molecule has 2 N–H and O–H groups in total. The van der Waals surface area contributed by atoms with Crippen LogP contribution in [0.3, 0.4) is 0 Å². The second-order valence-electron chi connectivity index (χ2n) is 3.59. The van der Waals surface area contributed by atoms with Crippen LogP contribution in [-0.2, 0) is 4.79 Å². The summed E-state index contributed by atoms with van der Waals surface area (Å²) in [4.78, 5) is 17.1. The summed E-state index contributed by atoms with van der Waals surface area (Å²) in [5.74, 6) is -0.301. The molecule has 1 aromatic heterocycles. The van der Waals surface area contributed by atoms with E-state index in [4.69, 9.17) is 17.3 Å². The summed E-state index contributed by atoms with van der Waals surface area (Å²) in [6, 6.07) is 1.59. The van der Waals surface area contributed by atoms with Crippen molar-refractivity contribution >= 4 is 28.9 Å². The number of amides is 1. The number of halogens is 1. The molecule has 0 radical (unpaired) electrons. The number of carbonyl (C=O) groups is 1. The molecule has 0 aromatic carbocycles. The lowest BCUT2D eigenvalue weighted by Gasteiger charge is -2.22. The van der Waals surface area contributed by atoms with Crippen molar-refractivity contribution in [2.24, 2.45) is 5.92 Å². The Kier molecular flexibility index (Phi) is 3.90. The summed E-state index contributed by atoms with van der Waals surface area (Å²) < 4.78 is 0. The third-order valence-corrected chi connectivity index (χ3v) is 2.34. The lowest BCUT2D eigenvalue weighted by Crippen LogP contribution is -2.30. The van der Waals surface area contributed by atoms with Crippen LogP contribution in [0.15, 0.2) is 25.0 Å². The summed E-state index contributed by atoms with van der Waals surface area (Å²) in [7, 11) is 0. The van der Waals surface area contributed by atoms with Crippen LogP contribution >= 0.6 is 11.6 Å². The first kappa shape index (κ1) is 12.5. The van der Waals surface area contributed by atoms with Gasteiger partial charge >= 0.3 is 0 Å². The van der Waals surface area contributed by atoms with Gasteiger partial charge in [-0.2, -0.15) is 0 Å². The highest BCUT2D eigenvalue weighted by Crippen LogP contribution is 2.31. The molecule has 1 amide bonds. The number of hydrogen-bond donors (Lipinski definition) is 1. The Balaban J connectivity index is 3.24. The lowest BCUT2D eigenvalue weighted by atomic mass is 10.2. The Bertz CT molecular complexity index is 397. The Morgan fingerprint density at radius 2 is 2.31 bits per heavy atom. The summed E-state index contributed by atoms with van der Waals surface area (Å²) in [6.07, 6.45) is 2.88. The van der Waals surface area contributed by atoms with Gasteiger partial charge < -0.3 is 5.73 Å². The molecule has 16 heavy (non-hydrogen) atoms. The largest absolute Gasteiger partial charge is 0.397 e. The fourth-order valence-electron chi connectivity index (χ4n) is 1.25. The van der Waals surface area contributed by atoms with Crippen molar-refractivity contribution in [1.29, 1.82) is 0 Å². The highest BCUT2D eigenvalue weighted by molar-refractivity contribution is 6.33. The summed E-state index contributed by atoms with van der Waals surface area (Å²) in [5.41, 5.74) is 6.55. The van der Waals surface area contributed by atoms with Crippen LogP contribution in [0.5, 0.6) is 0 Å². The molecule has 1 rings (SSSR count). The summed E-state index contributed by atoms with van der Waals surface area (Å²) >= 11 is 5.92. The third-order valence-electron chi connectivity index (χ3n) is 2.07. The van der Waals surface area contributed by atoms with Gasteiger partial charge in [-0.1, -0.05) is 32.0 Å². The van der Waals surface area contributed by atoms with Crippen LogP contribution in [0.4, 0.5) is 11.4 Å². The number of nitrogen functional groups attached to an aromatic ring is 1. The smallest absolute Gasteiger partial charge is 0.233 e. The molecule has 0 fully saturated rings. The quantitative estimate of drug-likeness (QED) is 0.825. The zero-order valence-electron chi connectivity index (χ0n) is 9.27. The van der Waals surface area contributed by atoms with Crippen LogP contribution in [0, 0.1) is 5.92 Å². The van der Waals surface area contributed by atoms with Gasteiger partial charge in [0.05, 0.1) is 5.69 Å². The molecule has 4 nitrogen and oxygen atoms in total. The van der Waals surface area contributed by atoms with Gasteiger partial charge in [0.1, 0.15) is 5.69 Å². The van der Waals surface area contributed by atoms with Crippen molar-refractivity contribution in [2.75, 3.05) is 10.6 Å². The molecule has 0 atom stereocenters. The van der Waals surface area contributed by atoms with E-state index in [-0.39, 0.29) is 17.0 Å². The molecule has 0 aliphatic heterocycles. The van der Waals surface area contributed by atoms with E-state index in [0.29, 0.717) is 11.4 Å². The maximum atomic E-state index is 11.9. The van der Waals surface area contributed by atoms with Crippen LogP contribution < -0.4 is 10.6 Å². The normalized spacial score (nSPS) is 10.2. The van der Waals surface area contributed by atoms with Crippen LogP contribution in [0.2, 0.25) is 5.15 Å². The zero-order valence-corrected chi connectivity index (χ0v) is 10.0. The van der Waals surface area contributed by atoms with Crippen molar-refractivity contribution in [1.82, 2.24) is 4.98 Å². The van der Waals surface area contributed by atoms with E-state index in [2.05, 4.69) is 11.6 Å². The van der Waals surface area contributed by atoms with E-state index >= 15 is 0 Å². The Morgan fingerprint density at radius 1 is 1.69 bits per heavy atom. The van der Waals surface area contributed by atoms with Crippen LogP contribution in [0.1, 0.15) is 13.8 Å². The van der Waals surface area contributed by atoms with Crippen molar-refractivity contribution in [3.05, 3.63) is 30.2 Å². The van der Waals surface area contributed by atoms with Crippen molar-refractivity contribution < 1.29 is 4.79 Å². The van der Waals surface area contributed by atoms with Gasteiger partial charge in [0.2, 0.25) is 5.91 Å². The molecule has 0 aliphatic rings. The predicted molar refractivity (Wildman–Crippen MR) is 66.2 cm³/mol. The van der Waals surface area contributed by atoms with E-state index in [1.165, 1.54) is 17.3 Å². The molecular weight excluding hydrogens is 226 g/mol. The number of aromatic nitrogens is 1. The number of nitrogens with two attached hydrogens (primary N) is 1. The molecular formula is C11H14ClN3O. The number of nitrogens with zero attached hydrogens (tertiary/aromatic N) is 2. The van der Waals surface area contributed by atoms with Gasteiger partial charge in [0.15, 0.2) is 5.15 Å². The molecule has 1 heterocycles. The van der Waals surface area contributed by atoms with E-state index < -0.39 is 0 Å². The minimum Gasteiger partial charge on any atom is -0.397 e. The average molecular weight is 240 g/mol. The molecule has 0 spiro atoms. The molecule has 0 unspecified atom stereocenters. The molecule has 1 aromatic rings. The van der Waals surface area contributed by atoms with Gasteiger partial charge in [0.25, 0.3) is 0 Å². The Morgan fingerprint density at radius 3 is 2.75 bits per heavy atom. The van der Waals surface area contributed by atoms with Crippen molar-refractivity contribution in [3.8, 4) is 0 Å². The third kappa shape index (κ3) is 2.33. The first-order valence-corrected chi connectivity index (χ1v) is 5.22. The lowest BCUT2D eigenvalue weighted by molar-refractivity contribution is -0.120. The number of hydrogen-bond acceptors (Lipinski definition) is 3. The fourth-order valence-corrected chi connectivity index (χ4v) is 1.51. The van der Waals surface area contributed by atoms with Crippen LogP contribution in [-0.4, -0.2) is 10.9 Å². The number of rotatable bonds is 3. The van der Waals surface area contributed by atoms with Gasteiger partial charge in [-0.15, -0.1) is 0 Å². The van der Waals surface area contributed by atoms with Gasteiger partial charge in [-0.05, 0) is 6.07 Å². The highest BCUT2D eigenvalue weighted by atomic mass is 35.5. The van der Waals surface area contributed by atoms with Gasteiger partial charge in [0, 0.05) is 18.3 Å². The molecule has 0 saturated heterocycles. The summed E-state index contributed by atoms with van der Waals surface area (Å²) in [5, 5.41) is 0.189. The molecule has 86 valence electrons. The first-order chi connectivity index (χ1) is 7.49. The number of anilines is 2. The van der Waals surface area contributed by atoms with E-state index in [1.54, 1.807) is 19.9 Å². The molecule has 0 aliphatic carbocycles. The maximum Gasteiger partial charge on any atom is 0.233 e. The maximum absolute atomic E-state index is 11.9. The topological polar surface area (TPSA) is 59.2 Å². The average Bonchev–Trinajstić information content (AvgIpc) is 2.22. The van der Waals surface area contributed by atoms with Crippen molar-refractivity contribution in [2.45, 2.75) is 13.8 Å². The number of pyridine rings is 1. The molecule has 0 saturated carbocycles. The zero-order chi connectivity index (χ0) is 12.3. The number of carbonyl (C=O) groups excluding carboxylic acids is 1. The highest BCUT2D eigenvalue weighted by Gasteiger charge is 2.21. The molecule has 0 bridgehead atoms.